The molecule has 1 aromatic rings. The zero-order valence-corrected chi connectivity index (χ0v) is 10.9. The van der Waals surface area contributed by atoms with Gasteiger partial charge in [0.15, 0.2) is 0 Å². The van der Waals surface area contributed by atoms with Gasteiger partial charge in [0.05, 0.1) is 6.61 Å². The van der Waals surface area contributed by atoms with Crippen LogP contribution in [0.2, 0.25) is 0 Å². The topological polar surface area (TPSA) is 21.3 Å². The second-order valence-corrected chi connectivity index (χ2v) is 4.78. The van der Waals surface area contributed by atoms with Crippen molar-refractivity contribution in [2.75, 3.05) is 19.7 Å². The number of hydrogen-bond acceptors (Lipinski definition) is 2. The number of ether oxygens (including phenoxy) is 1. The van der Waals surface area contributed by atoms with Gasteiger partial charge in [0.1, 0.15) is 5.75 Å². The van der Waals surface area contributed by atoms with Crippen molar-refractivity contribution in [1.29, 1.82) is 0 Å². The van der Waals surface area contributed by atoms with Crippen LogP contribution in [0.15, 0.2) is 24.3 Å². The quantitative estimate of drug-likeness (QED) is 0.730. The summed E-state index contributed by atoms with van der Waals surface area (Å²) in [5, 5.41) is 3.51. The number of benzene rings is 1. The van der Waals surface area contributed by atoms with E-state index >= 15 is 0 Å². The number of rotatable bonds is 7. The molecule has 1 aliphatic carbocycles. The summed E-state index contributed by atoms with van der Waals surface area (Å²) in [5.74, 6) is 2.60. The lowest BCUT2D eigenvalue weighted by atomic mass is 10.1. The second-order valence-electron chi connectivity index (χ2n) is 4.78. The van der Waals surface area contributed by atoms with E-state index in [1.54, 1.807) is 0 Å². The maximum atomic E-state index is 5.69. The molecule has 1 aliphatic rings. The molecule has 0 bridgehead atoms. The molecule has 1 fully saturated rings. The Morgan fingerprint density at radius 1 is 1.29 bits per heavy atom. The van der Waals surface area contributed by atoms with Crippen LogP contribution in [0, 0.1) is 5.92 Å². The summed E-state index contributed by atoms with van der Waals surface area (Å²) < 4.78 is 5.69. The number of para-hydroxylation sites is 1. The van der Waals surface area contributed by atoms with Crippen molar-refractivity contribution in [3.63, 3.8) is 0 Å². The fourth-order valence-electron chi connectivity index (χ4n) is 2.39. The van der Waals surface area contributed by atoms with Crippen LogP contribution in [0.5, 0.6) is 5.75 Å². The molecule has 2 rings (SSSR count). The summed E-state index contributed by atoms with van der Waals surface area (Å²) in [5.41, 5.74) is 1.40. The van der Waals surface area contributed by atoms with Gasteiger partial charge in [-0.2, -0.15) is 0 Å². The van der Waals surface area contributed by atoms with Crippen LogP contribution in [-0.4, -0.2) is 19.7 Å². The average molecular weight is 233 g/mol. The maximum Gasteiger partial charge on any atom is 0.122 e. The van der Waals surface area contributed by atoms with E-state index in [-0.39, 0.29) is 0 Å². The van der Waals surface area contributed by atoms with Gasteiger partial charge in [-0.1, -0.05) is 25.1 Å². The largest absolute Gasteiger partial charge is 0.494 e. The maximum absolute atomic E-state index is 5.69. The lowest BCUT2D eigenvalue weighted by Gasteiger charge is -2.09. The summed E-state index contributed by atoms with van der Waals surface area (Å²) >= 11 is 0. The van der Waals surface area contributed by atoms with Gasteiger partial charge >= 0.3 is 0 Å². The molecule has 94 valence electrons. The van der Waals surface area contributed by atoms with Crippen LogP contribution in [-0.2, 0) is 0 Å². The number of hydrogen-bond donors (Lipinski definition) is 1. The van der Waals surface area contributed by atoms with E-state index in [9.17, 15) is 0 Å². The van der Waals surface area contributed by atoms with Crippen LogP contribution in [0.4, 0.5) is 0 Å². The third-order valence-corrected chi connectivity index (χ3v) is 3.37. The third kappa shape index (κ3) is 3.22. The molecular formula is C15H23NO. The molecule has 2 heteroatoms. The normalized spacial score (nSPS) is 22.5. The predicted octanol–water partition coefficient (Wildman–Crippen LogP) is 3.19. The van der Waals surface area contributed by atoms with Gasteiger partial charge in [-0.3, -0.25) is 0 Å². The molecule has 0 aliphatic heterocycles. The molecule has 0 heterocycles. The summed E-state index contributed by atoms with van der Waals surface area (Å²) in [6.45, 7) is 7.30. The van der Waals surface area contributed by atoms with Crippen molar-refractivity contribution >= 4 is 0 Å². The highest BCUT2D eigenvalue weighted by Gasteiger charge is 2.39. The van der Waals surface area contributed by atoms with Crippen molar-refractivity contribution in [3.8, 4) is 5.75 Å². The van der Waals surface area contributed by atoms with E-state index in [0.29, 0.717) is 5.92 Å². The Morgan fingerprint density at radius 2 is 2.12 bits per heavy atom. The van der Waals surface area contributed by atoms with E-state index in [1.807, 2.05) is 6.92 Å². The molecule has 2 unspecified atom stereocenters. The molecule has 2 nitrogen and oxygen atoms in total. The second kappa shape index (κ2) is 6.06. The molecule has 0 spiro atoms. The van der Waals surface area contributed by atoms with Crippen LogP contribution in [0.25, 0.3) is 0 Å². The Kier molecular flexibility index (Phi) is 4.43. The highest BCUT2D eigenvalue weighted by Crippen LogP contribution is 2.49. The molecule has 0 radical (unpaired) electrons. The summed E-state index contributed by atoms with van der Waals surface area (Å²) in [7, 11) is 0. The number of nitrogens with one attached hydrogen (secondary N) is 1. The van der Waals surface area contributed by atoms with Crippen molar-refractivity contribution in [1.82, 2.24) is 5.32 Å². The molecule has 0 aromatic heterocycles. The molecule has 17 heavy (non-hydrogen) atoms. The zero-order chi connectivity index (χ0) is 12.1. The average Bonchev–Trinajstić information content (AvgIpc) is 3.10. The fourth-order valence-corrected chi connectivity index (χ4v) is 2.39. The molecule has 1 N–H and O–H groups in total. The van der Waals surface area contributed by atoms with E-state index in [1.165, 1.54) is 18.4 Å². The summed E-state index contributed by atoms with van der Waals surface area (Å²) in [6, 6.07) is 8.48. The molecular weight excluding hydrogens is 210 g/mol. The standard InChI is InChI=1S/C15H23NO/c1-3-9-16-11-12-10-14(12)13-7-5-6-8-15(13)17-4-2/h5-8,12,14,16H,3-4,9-11H2,1-2H3. The first kappa shape index (κ1) is 12.4. The van der Waals surface area contributed by atoms with E-state index in [4.69, 9.17) is 4.74 Å². The minimum Gasteiger partial charge on any atom is -0.494 e. The lowest BCUT2D eigenvalue weighted by molar-refractivity contribution is 0.336. The lowest BCUT2D eigenvalue weighted by Crippen LogP contribution is -2.17. The van der Waals surface area contributed by atoms with Crippen molar-refractivity contribution in [3.05, 3.63) is 29.8 Å². The smallest absolute Gasteiger partial charge is 0.122 e. The van der Waals surface area contributed by atoms with Gasteiger partial charge in [0.25, 0.3) is 0 Å². The summed E-state index contributed by atoms with van der Waals surface area (Å²) in [6.07, 6.45) is 2.52. The Bertz CT molecular complexity index is 351. The Labute approximate surface area is 104 Å². The highest BCUT2D eigenvalue weighted by molar-refractivity contribution is 5.39. The van der Waals surface area contributed by atoms with Crippen molar-refractivity contribution in [2.24, 2.45) is 5.92 Å². The zero-order valence-electron chi connectivity index (χ0n) is 10.9. The first-order chi connectivity index (χ1) is 8.36. The van der Waals surface area contributed by atoms with E-state index < -0.39 is 0 Å². The van der Waals surface area contributed by atoms with Crippen LogP contribution < -0.4 is 10.1 Å². The molecule has 0 amide bonds. The van der Waals surface area contributed by atoms with Crippen LogP contribution in [0.3, 0.4) is 0 Å². The first-order valence-corrected chi connectivity index (χ1v) is 6.79. The van der Waals surface area contributed by atoms with Crippen molar-refractivity contribution < 1.29 is 4.74 Å². The van der Waals surface area contributed by atoms with E-state index in [2.05, 4.69) is 36.5 Å². The van der Waals surface area contributed by atoms with Gasteiger partial charge in [-0.25, -0.2) is 0 Å². The SMILES string of the molecule is CCCNCC1CC1c1ccccc1OCC. The third-order valence-electron chi connectivity index (χ3n) is 3.37. The Balaban J connectivity index is 1.91. The van der Waals surface area contributed by atoms with Gasteiger partial charge in [-0.15, -0.1) is 0 Å². The highest BCUT2D eigenvalue weighted by atomic mass is 16.5. The monoisotopic (exact) mass is 233 g/mol. The predicted molar refractivity (Wildman–Crippen MR) is 71.6 cm³/mol. The van der Waals surface area contributed by atoms with Crippen molar-refractivity contribution in [2.45, 2.75) is 32.6 Å². The van der Waals surface area contributed by atoms with Crippen LogP contribution >= 0.6 is 0 Å². The minimum absolute atomic E-state index is 0.710. The summed E-state index contributed by atoms with van der Waals surface area (Å²) in [4.78, 5) is 0. The first-order valence-electron chi connectivity index (χ1n) is 6.79. The Hall–Kier alpha value is -1.02. The Morgan fingerprint density at radius 3 is 2.88 bits per heavy atom. The van der Waals surface area contributed by atoms with Gasteiger partial charge in [0, 0.05) is 0 Å². The molecule has 1 saturated carbocycles. The van der Waals surface area contributed by atoms with Gasteiger partial charge in [0.2, 0.25) is 0 Å². The fraction of sp³-hybridized carbons (Fsp3) is 0.600. The molecule has 1 aromatic carbocycles. The van der Waals surface area contributed by atoms with Crippen LogP contribution in [0.1, 0.15) is 38.2 Å². The van der Waals surface area contributed by atoms with E-state index in [0.717, 1.165) is 31.4 Å². The van der Waals surface area contributed by atoms with Gasteiger partial charge in [-0.05, 0) is 56.3 Å². The minimum atomic E-state index is 0.710. The molecule has 0 saturated heterocycles. The molecule has 2 atom stereocenters. The van der Waals surface area contributed by atoms with Gasteiger partial charge < -0.3 is 10.1 Å².